The molecule has 0 amide bonds. The molecule has 1 aromatic heterocycles. The molecule has 0 aliphatic carbocycles. The van der Waals surface area contributed by atoms with Crippen LogP contribution in [0.1, 0.15) is 11.1 Å². The first kappa shape index (κ1) is 13.3. The summed E-state index contributed by atoms with van der Waals surface area (Å²) in [5.74, 6) is 0.288. The van der Waals surface area contributed by atoms with Crippen LogP contribution >= 0.6 is 0 Å². The van der Waals surface area contributed by atoms with Gasteiger partial charge in [-0.15, -0.1) is 10.2 Å². The lowest BCUT2D eigenvalue weighted by atomic mass is 10.1. The van der Waals surface area contributed by atoms with Crippen molar-refractivity contribution >= 4 is 5.69 Å². The summed E-state index contributed by atoms with van der Waals surface area (Å²) in [4.78, 5) is 0. The smallest absolute Gasteiger partial charge is 0.247 e. The first-order valence-corrected chi connectivity index (χ1v) is 6.58. The Morgan fingerprint density at radius 2 is 1.95 bits per heavy atom. The predicted molar refractivity (Wildman–Crippen MR) is 78.2 cm³/mol. The van der Waals surface area contributed by atoms with Crippen molar-refractivity contribution in [3.05, 3.63) is 65.8 Å². The molecular formula is C16H14FN3O. The maximum absolute atomic E-state index is 13.0. The largest absolute Gasteiger partial charge is 0.423 e. The molecule has 0 unspecified atom stereocenters. The third-order valence-corrected chi connectivity index (χ3v) is 3.28. The van der Waals surface area contributed by atoms with Crippen LogP contribution in [-0.4, -0.2) is 10.2 Å². The lowest BCUT2D eigenvalue weighted by molar-refractivity contribution is 0.568. The highest BCUT2D eigenvalue weighted by Crippen LogP contribution is 2.19. The van der Waals surface area contributed by atoms with Crippen LogP contribution in [-0.2, 0) is 6.54 Å². The van der Waals surface area contributed by atoms with Gasteiger partial charge >= 0.3 is 0 Å². The molecule has 3 aromatic rings. The number of halogens is 1. The van der Waals surface area contributed by atoms with Gasteiger partial charge in [0.15, 0.2) is 0 Å². The van der Waals surface area contributed by atoms with Crippen LogP contribution in [0, 0.1) is 12.7 Å². The standard InChI is InChI=1S/C16H14FN3O/c1-11-8-14(17)5-2-13(11)9-18-15-6-3-12(4-7-15)16-20-19-10-21-16/h2-8,10,18H,9H2,1H3. The van der Waals surface area contributed by atoms with Crippen LogP contribution in [0.15, 0.2) is 53.3 Å². The van der Waals surface area contributed by atoms with Gasteiger partial charge in [0.25, 0.3) is 0 Å². The fourth-order valence-electron chi connectivity index (χ4n) is 2.08. The molecule has 0 aliphatic heterocycles. The van der Waals surface area contributed by atoms with Crippen molar-refractivity contribution in [3.63, 3.8) is 0 Å². The van der Waals surface area contributed by atoms with Gasteiger partial charge in [0.2, 0.25) is 12.3 Å². The minimum absolute atomic E-state index is 0.208. The zero-order chi connectivity index (χ0) is 14.7. The number of nitrogens with one attached hydrogen (secondary N) is 1. The molecule has 1 heterocycles. The third kappa shape index (κ3) is 3.08. The first-order valence-electron chi connectivity index (χ1n) is 6.58. The molecule has 4 nitrogen and oxygen atoms in total. The normalized spacial score (nSPS) is 10.6. The Balaban J connectivity index is 1.68. The quantitative estimate of drug-likeness (QED) is 0.791. The Kier molecular flexibility index (Phi) is 3.64. The van der Waals surface area contributed by atoms with Gasteiger partial charge in [-0.3, -0.25) is 0 Å². The first-order chi connectivity index (χ1) is 10.2. The number of rotatable bonds is 4. The van der Waals surface area contributed by atoms with E-state index in [0.717, 1.165) is 22.4 Å². The fraction of sp³-hybridized carbons (Fsp3) is 0.125. The van der Waals surface area contributed by atoms with Crippen molar-refractivity contribution in [1.82, 2.24) is 10.2 Å². The monoisotopic (exact) mass is 283 g/mol. The van der Waals surface area contributed by atoms with Crippen molar-refractivity contribution in [2.45, 2.75) is 13.5 Å². The minimum Gasteiger partial charge on any atom is -0.423 e. The Labute approximate surface area is 121 Å². The van der Waals surface area contributed by atoms with E-state index in [1.54, 1.807) is 6.07 Å². The van der Waals surface area contributed by atoms with Crippen molar-refractivity contribution in [2.24, 2.45) is 0 Å². The number of aromatic nitrogens is 2. The van der Waals surface area contributed by atoms with Gasteiger partial charge in [0, 0.05) is 17.8 Å². The van der Waals surface area contributed by atoms with Crippen LogP contribution in [0.4, 0.5) is 10.1 Å². The lowest BCUT2D eigenvalue weighted by Crippen LogP contribution is -2.01. The summed E-state index contributed by atoms with van der Waals surface area (Å²) in [5.41, 5.74) is 3.85. The van der Waals surface area contributed by atoms with Gasteiger partial charge < -0.3 is 9.73 Å². The third-order valence-electron chi connectivity index (χ3n) is 3.28. The molecule has 0 atom stereocenters. The molecule has 0 saturated heterocycles. The zero-order valence-corrected chi connectivity index (χ0v) is 11.5. The average Bonchev–Trinajstić information content (AvgIpc) is 3.01. The predicted octanol–water partition coefficient (Wildman–Crippen LogP) is 3.80. The van der Waals surface area contributed by atoms with Crippen molar-refractivity contribution < 1.29 is 8.81 Å². The Morgan fingerprint density at radius 3 is 2.62 bits per heavy atom. The van der Waals surface area contributed by atoms with E-state index < -0.39 is 0 Å². The number of hydrogen-bond donors (Lipinski definition) is 1. The molecule has 106 valence electrons. The number of anilines is 1. The average molecular weight is 283 g/mol. The van der Waals surface area contributed by atoms with Gasteiger partial charge in [-0.05, 0) is 54.4 Å². The maximum Gasteiger partial charge on any atom is 0.247 e. The number of hydrogen-bond acceptors (Lipinski definition) is 4. The van der Waals surface area contributed by atoms with Gasteiger partial charge in [0.05, 0.1) is 0 Å². The van der Waals surface area contributed by atoms with Gasteiger partial charge in [-0.2, -0.15) is 0 Å². The number of aryl methyl sites for hydroxylation is 1. The number of nitrogens with zero attached hydrogens (tertiary/aromatic N) is 2. The van der Waals surface area contributed by atoms with E-state index in [9.17, 15) is 4.39 Å². The summed E-state index contributed by atoms with van der Waals surface area (Å²) < 4.78 is 18.2. The highest BCUT2D eigenvalue weighted by Gasteiger charge is 2.04. The molecule has 21 heavy (non-hydrogen) atoms. The molecule has 5 heteroatoms. The Hall–Kier alpha value is -2.69. The summed E-state index contributed by atoms with van der Waals surface area (Å²) in [6, 6.07) is 12.5. The van der Waals surface area contributed by atoms with Gasteiger partial charge in [-0.25, -0.2) is 4.39 Å². The molecule has 3 rings (SSSR count). The second-order valence-electron chi connectivity index (χ2n) is 4.75. The van der Waals surface area contributed by atoms with E-state index in [-0.39, 0.29) is 5.82 Å². The molecule has 0 bridgehead atoms. The zero-order valence-electron chi connectivity index (χ0n) is 11.5. The van der Waals surface area contributed by atoms with Crippen LogP contribution in [0.3, 0.4) is 0 Å². The van der Waals surface area contributed by atoms with Crippen molar-refractivity contribution in [2.75, 3.05) is 5.32 Å². The number of benzene rings is 2. The van der Waals surface area contributed by atoms with Crippen LogP contribution in [0.2, 0.25) is 0 Å². The van der Waals surface area contributed by atoms with E-state index in [4.69, 9.17) is 4.42 Å². The Morgan fingerprint density at radius 1 is 1.14 bits per heavy atom. The summed E-state index contributed by atoms with van der Waals surface area (Å²) >= 11 is 0. The fourth-order valence-corrected chi connectivity index (χ4v) is 2.08. The highest BCUT2D eigenvalue weighted by atomic mass is 19.1. The molecule has 0 fully saturated rings. The second kappa shape index (κ2) is 5.75. The van der Waals surface area contributed by atoms with Crippen LogP contribution in [0.25, 0.3) is 11.5 Å². The molecular weight excluding hydrogens is 269 g/mol. The topological polar surface area (TPSA) is 51.0 Å². The van der Waals surface area contributed by atoms with E-state index in [1.165, 1.54) is 18.5 Å². The molecule has 0 radical (unpaired) electrons. The van der Waals surface area contributed by atoms with E-state index in [2.05, 4.69) is 15.5 Å². The lowest BCUT2D eigenvalue weighted by Gasteiger charge is -2.09. The van der Waals surface area contributed by atoms with Crippen molar-refractivity contribution in [1.29, 1.82) is 0 Å². The van der Waals surface area contributed by atoms with Gasteiger partial charge in [0.1, 0.15) is 5.82 Å². The van der Waals surface area contributed by atoms with Crippen LogP contribution < -0.4 is 5.32 Å². The highest BCUT2D eigenvalue weighted by molar-refractivity contribution is 5.58. The van der Waals surface area contributed by atoms with E-state index >= 15 is 0 Å². The second-order valence-corrected chi connectivity index (χ2v) is 4.75. The maximum atomic E-state index is 13.0. The molecule has 0 saturated carbocycles. The summed E-state index contributed by atoms with van der Waals surface area (Å²) in [5, 5.41) is 10.8. The summed E-state index contributed by atoms with van der Waals surface area (Å²) in [7, 11) is 0. The van der Waals surface area contributed by atoms with Crippen molar-refractivity contribution in [3.8, 4) is 11.5 Å². The molecule has 0 aliphatic rings. The van der Waals surface area contributed by atoms with Crippen LogP contribution in [0.5, 0.6) is 0 Å². The Bertz CT molecular complexity index is 724. The molecule has 0 spiro atoms. The minimum atomic E-state index is -0.208. The van der Waals surface area contributed by atoms with Gasteiger partial charge in [-0.1, -0.05) is 6.07 Å². The molecule has 1 N–H and O–H groups in total. The van der Waals surface area contributed by atoms with E-state index in [0.29, 0.717) is 12.4 Å². The summed E-state index contributed by atoms with van der Waals surface area (Å²) in [6.45, 7) is 2.55. The summed E-state index contributed by atoms with van der Waals surface area (Å²) in [6.07, 6.45) is 1.30. The van der Waals surface area contributed by atoms with E-state index in [1.807, 2.05) is 31.2 Å². The molecule has 2 aromatic carbocycles. The SMILES string of the molecule is Cc1cc(F)ccc1CNc1ccc(-c2nnco2)cc1.